The molecule has 0 unspecified atom stereocenters. The Labute approximate surface area is 197 Å². The molecule has 2 heterocycles. The van der Waals surface area contributed by atoms with E-state index in [2.05, 4.69) is 10.6 Å². The number of ether oxygens (including phenoxy) is 2. The average Bonchev–Trinajstić information content (AvgIpc) is 3.63. The second-order valence-electron chi connectivity index (χ2n) is 8.55. The SMILES string of the molecule is O=C(NCc1ccccc1)C1=C(c2ccc3c(c2)OCO3)Nc2ccccc2N1C(=O)C1CC1. The lowest BCUT2D eigenvalue weighted by Gasteiger charge is -2.34. The quantitative estimate of drug-likeness (QED) is 0.603. The molecule has 0 bridgehead atoms. The van der Waals surface area contributed by atoms with Gasteiger partial charge in [-0.05, 0) is 48.7 Å². The van der Waals surface area contributed by atoms with E-state index in [4.69, 9.17) is 9.47 Å². The van der Waals surface area contributed by atoms with E-state index in [-0.39, 0.29) is 30.2 Å². The molecule has 1 saturated carbocycles. The third kappa shape index (κ3) is 3.65. The van der Waals surface area contributed by atoms with Crippen molar-refractivity contribution in [1.29, 1.82) is 0 Å². The summed E-state index contributed by atoms with van der Waals surface area (Å²) < 4.78 is 11.0. The number of carbonyl (C=O) groups is 2. The molecule has 2 amide bonds. The summed E-state index contributed by atoms with van der Waals surface area (Å²) in [5.41, 5.74) is 3.99. The normalized spacial score (nSPS) is 16.1. The molecule has 0 saturated heterocycles. The summed E-state index contributed by atoms with van der Waals surface area (Å²) in [6.07, 6.45) is 1.67. The van der Waals surface area contributed by atoms with Gasteiger partial charge in [-0.25, -0.2) is 0 Å². The topological polar surface area (TPSA) is 79.9 Å². The van der Waals surface area contributed by atoms with Crippen LogP contribution in [0.3, 0.4) is 0 Å². The Balaban J connectivity index is 1.46. The van der Waals surface area contributed by atoms with Gasteiger partial charge >= 0.3 is 0 Å². The van der Waals surface area contributed by atoms with Crippen LogP contribution in [0.4, 0.5) is 11.4 Å². The van der Waals surface area contributed by atoms with Crippen molar-refractivity contribution in [2.75, 3.05) is 17.0 Å². The van der Waals surface area contributed by atoms with Gasteiger partial charge in [0.25, 0.3) is 5.91 Å². The molecule has 1 aliphatic carbocycles. The number of fused-ring (bicyclic) bond motifs is 2. The maximum absolute atomic E-state index is 13.7. The van der Waals surface area contributed by atoms with Gasteiger partial charge < -0.3 is 20.1 Å². The van der Waals surface area contributed by atoms with Crippen molar-refractivity contribution in [2.24, 2.45) is 5.92 Å². The fraction of sp³-hybridized carbons (Fsp3) is 0.185. The average molecular weight is 453 g/mol. The Morgan fingerprint density at radius 1 is 0.941 bits per heavy atom. The van der Waals surface area contributed by atoms with Crippen LogP contribution < -0.4 is 25.0 Å². The minimum Gasteiger partial charge on any atom is -0.454 e. The fourth-order valence-corrected chi connectivity index (χ4v) is 4.28. The number of amides is 2. The maximum Gasteiger partial charge on any atom is 0.270 e. The molecule has 6 rings (SSSR count). The van der Waals surface area contributed by atoms with Gasteiger partial charge in [-0.2, -0.15) is 0 Å². The van der Waals surface area contributed by atoms with E-state index in [1.54, 1.807) is 4.90 Å². The highest BCUT2D eigenvalue weighted by Crippen LogP contribution is 2.44. The molecule has 0 radical (unpaired) electrons. The zero-order valence-electron chi connectivity index (χ0n) is 18.4. The van der Waals surface area contributed by atoms with Crippen LogP contribution in [0.2, 0.25) is 0 Å². The van der Waals surface area contributed by atoms with Crippen LogP contribution in [0.1, 0.15) is 24.0 Å². The highest BCUT2D eigenvalue weighted by Gasteiger charge is 2.41. The number of nitrogens with zero attached hydrogens (tertiary/aromatic N) is 1. The molecule has 0 atom stereocenters. The van der Waals surface area contributed by atoms with Gasteiger partial charge in [0.2, 0.25) is 12.7 Å². The summed E-state index contributed by atoms with van der Waals surface area (Å²) in [4.78, 5) is 28.8. The smallest absolute Gasteiger partial charge is 0.270 e. The van der Waals surface area contributed by atoms with E-state index in [1.165, 1.54) is 0 Å². The zero-order chi connectivity index (χ0) is 23.1. The van der Waals surface area contributed by atoms with Crippen molar-refractivity contribution < 1.29 is 19.1 Å². The molecular weight excluding hydrogens is 430 g/mol. The molecule has 0 aromatic heterocycles. The van der Waals surface area contributed by atoms with Gasteiger partial charge in [0, 0.05) is 18.0 Å². The molecule has 170 valence electrons. The van der Waals surface area contributed by atoms with Crippen LogP contribution >= 0.6 is 0 Å². The minimum absolute atomic E-state index is 0.0583. The molecule has 7 nitrogen and oxygen atoms in total. The predicted molar refractivity (Wildman–Crippen MR) is 128 cm³/mol. The third-order valence-corrected chi connectivity index (χ3v) is 6.18. The Morgan fingerprint density at radius 3 is 2.53 bits per heavy atom. The lowest BCUT2D eigenvalue weighted by molar-refractivity contribution is -0.122. The molecule has 0 spiro atoms. The molecule has 2 N–H and O–H groups in total. The van der Waals surface area contributed by atoms with Crippen LogP contribution in [-0.2, 0) is 16.1 Å². The van der Waals surface area contributed by atoms with Crippen molar-refractivity contribution in [3.63, 3.8) is 0 Å². The first-order valence-electron chi connectivity index (χ1n) is 11.4. The fourth-order valence-electron chi connectivity index (χ4n) is 4.28. The maximum atomic E-state index is 13.7. The largest absolute Gasteiger partial charge is 0.454 e. The predicted octanol–water partition coefficient (Wildman–Crippen LogP) is 4.27. The minimum atomic E-state index is -0.326. The number of para-hydroxylation sites is 2. The van der Waals surface area contributed by atoms with E-state index in [9.17, 15) is 9.59 Å². The summed E-state index contributed by atoms with van der Waals surface area (Å²) in [6, 6.07) is 22.8. The molecule has 3 aromatic rings. The number of hydrogen-bond acceptors (Lipinski definition) is 5. The summed E-state index contributed by atoms with van der Waals surface area (Å²) >= 11 is 0. The van der Waals surface area contributed by atoms with Gasteiger partial charge in [-0.15, -0.1) is 0 Å². The lowest BCUT2D eigenvalue weighted by Crippen LogP contribution is -2.43. The first kappa shape index (κ1) is 20.4. The van der Waals surface area contributed by atoms with Crippen LogP contribution in [0.25, 0.3) is 5.70 Å². The van der Waals surface area contributed by atoms with Gasteiger partial charge in [0.05, 0.1) is 17.1 Å². The lowest BCUT2D eigenvalue weighted by atomic mass is 10.0. The highest BCUT2D eigenvalue weighted by atomic mass is 16.7. The Kier molecular flexibility index (Phi) is 4.95. The number of carbonyl (C=O) groups excluding carboxylic acids is 2. The Morgan fingerprint density at radius 2 is 1.71 bits per heavy atom. The molecule has 2 aliphatic heterocycles. The van der Waals surface area contributed by atoms with Crippen molar-refractivity contribution in [1.82, 2.24) is 5.32 Å². The van der Waals surface area contributed by atoms with Crippen LogP contribution in [0.5, 0.6) is 11.5 Å². The van der Waals surface area contributed by atoms with Crippen molar-refractivity contribution >= 4 is 28.9 Å². The van der Waals surface area contributed by atoms with Crippen molar-refractivity contribution in [3.8, 4) is 11.5 Å². The highest BCUT2D eigenvalue weighted by molar-refractivity contribution is 6.18. The van der Waals surface area contributed by atoms with Gasteiger partial charge in [0.15, 0.2) is 11.5 Å². The van der Waals surface area contributed by atoms with E-state index in [1.807, 2.05) is 72.8 Å². The standard InChI is InChI=1S/C27H23N3O4/c31-26(28-15-17-6-2-1-3-7-17)25-24(19-12-13-22-23(14-19)34-16-33-22)29-20-8-4-5-9-21(20)30(25)27(32)18-10-11-18/h1-9,12-14,18,29H,10-11,15-16H2,(H,28,31). The van der Waals surface area contributed by atoms with E-state index in [0.29, 0.717) is 29.4 Å². The van der Waals surface area contributed by atoms with E-state index in [0.717, 1.165) is 29.7 Å². The van der Waals surface area contributed by atoms with Crippen LogP contribution in [-0.4, -0.2) is 18.6 Å². The summed E-state index contributed by atoms with van der Waals surface area (Å²) in [6.45, 7) is 0.509. The number of benzene rings is 3. The second-order valence-corrected chi connectivity index (χ2v) is 8.55. The molecular formula is C27H23N3O4. The zero-order valence-corrected chi connectivity index (χ0v) is 18.4. The first-order chi connectivity index (χ1) is 16.7. The second kappa shape index (κ2) is 8.26. The Hall–Kier alpha value is -4.26. The number of anilines is 2. The van der Waals surface area contributed by atoms with Crippen LogP contribution in [0.15, 0.2) is 78.5 Å². The third-order valence-electron chi connectivity index (χ3n) is 6.18. The molecule has 1 fully saturated rings. The molecule has 7 heteroatoms. The first-order valence-corrected chi connectivity index (χ1v) is 11.4. The van der Waals surface area contributed by atoms with E-state index >= 15 is 0 Å². The van der Waals surface area contributed by atoms with Crippen molar-refractivity contribution in [2.45, 2.75) is 19.4 Å². The molecule has 3 aromatic carbocycles. The molecule has 34 heavy (non-hydrogen) atoms. The van der Waals surface area contributed by atoms with Gasteiger partial charge in [-0.3, -0.25) is 14.5 Å². The van der Waals surface area contributed by atoms with Crippen molar-refractivity contribution in [3.05, 3.63) is 89.6 Å². The van der Waals surface area contributed by atoms with Gasteiger partial charge in [0.1, 0.15) is 5.70 Å². The number of rotatable bonds is 5. The Bertz CT molecular complexity index is 1310. The van der Waals surface area contributed by atoms with E-state index < -0.39 is 0 Å². The van der Waals surface area contributed by atoms with Crippen LogP contribution in [0, 0.1) is 5.92 Å². The summed E-state index contributed by atoms with van der Waals surface area (Å²) in [5.74, 6) is 0.807. The number of hydrogen-bond donors (Lipinski definition) is 2. The monoisotopic (exact) mass is 453 g/mol. The number of nitrogens with one attached hydrogen (secondary N) is 2. The summed E-state index contributed by atoms with van der Waals surface area (Å²) in [5, 5.41) is 6.42. The molecule has 3 aliphatic rings. The van der Waals surface area contributed by atoms with Gasteiger partial charge in [-0.1, -0.05) is 42.5 Å². The summed E-state index contributed by atoms with van der Waals surface area (Å²) in [7, 11) is 0.